The van der Waals surface area contributed by atoms with Gasteiger partial charge in [0, 0.05) is 11.6 Å². The van der Waals surface area contributed by atoms with Crippen LogP contribution in [0.2, 0.25) is 0 Å². The van der Waals surface area contributed by atoms with E-state index in [4.69, 9.17) is 0 Å². The topological polar surface area (TPSA) is 76.5 Å². The van der Waals surface area contributed by atoms with Crippen molar-refractivity contribution in [3.05, 3.63) is 58.9 Å². The van der Waals surface area contributed by atoms with Gasteiger partial charge in [-0.25, -0.2) is 9.67 Å². The van der Waals surface area contributed by atoms with Crippen LogP contribution in [0.4, 0.5) is 13.2 Å². The molecule has 0 unspecified atom stereocenters. The largest absolute Gasteiger partial charge is 0.418 e. The van der Waals surface area contributed by atoms with Crippen LogP contribution in [0, 0.1) is 0 Å². The zero-order chi connectivity index (χ0) is 16.9. The minimum atomic E-state index is -4.52. The van der Waals surface area contributed by atoms with Crippen molar-refractivity contribution in [3.8, 4) is 5.69 Å². The number of hydrogen-bond donors (Lipinski definition) is 1. The molecule has 4 aromatic rings. The van der Waals surface area contributed by atoms with Crippen molar-refractivity contribution in [3.63, 3.8) is 0 Å². The van der Waals surface area contributed by atoms with Gasteiger partial charge in [0.25, 0.3) is 5.56 Å². The molecule has 3 heterocycles. The van der Waals surface area contributed by atoms with Gasteiger partial charge in [-0.15, -0.1) is 0 Å². The van der Waals surface area contributed by atoms with Gasteiger partial charge >= 0.3 is 6.18 Å². The molecule has 0 aliphatic carbocycles. The Morgan fingerprint density at radius 1 is 1.08 bits per heavy atom. The summed E-state index contributed by atoms with van der Waals surface area (Å²) in [6, 6.07) is 5.33. The maximum atomic E-state index is 13.2. The molecule has 4 rings (SSSR count). The number of alkyl halides is 3. The van der Waals surface area contributed by atoms with E-state index in [2.05, 4.69) is 20.1 Å². The van der Waals surface area contributed by atoms with E-state index in [1.807, 2.05) is 0 Å². The third-order valence-corrected chi connectivity index (χ3v) is 3.65. The number of aromatic amines is 1. The van der Waals surface area contributed by atoms with Gasteiger partial charge in [0.15, 0.2) is 5.65 Å². The highest BCUT2D eigenvalue weighted by Crippen LogP contribution is 2.35. The molecule has 24 heavy (non-hydrogen) atoms. The third kappa shape index (κ3) is 2.05. The normalized spacial score (nSPS) is 12.1. The SMILES string of the molecule is O=c1[nH]cnc2c1cnn2-c1ccnc2c(C(F)(F)F)cccc12. The lowest BCUT2D eigenvalue weighted by atomic mass is 10.1. The van der Waals surface area contributed by atoms with Crippen LogP contribution in [-0.2, 0) is 6.18 Å². The van der Waals surface area contributed by atoms with Crippen molar-refractivity contribution in [1.29, 1.82) is 0 Å². The molecule has 0 atom stereocenters. The van der Waals surface area contributed by atoms with Gasteiger partial charge < -0.3 is 4.98 Å². The van der Waals surface area contributed by atoms with Crippen LogP contribution in [0.15, 0.2) is 47.8 Å². The van der Waals surface area contributed by atoms with E-state index in [0.717, 1.165) is 6.07 Å². The Hall–Kier alpha value is -3.23. The van der Waals surface area contributed by atoms with Crippen LogP contribution in [0.3, 0.4) is 0 Å². The molecule has 0 saturated carbocycles. The second kappa shape index (κ2) is 4.88. The van der Waals surface area contributed by atoms with E-state index in [9.17, 15) is 18.0 Å². The lowest BCUT2D eigenvalue weighted by molar-refractivity contribution is -0.136. The fourth-order valence-electron chi connectivity index (χ4n) is 2.61. The summed E-state index contributed by atoms with van der Waals surface area (Å²) in [5.41, 5.74) is -0.774. The van der Waals surface area contributed by atoms with Crippen molar-refractivity contribution in [2.75, 3.05) is 0 Å². The Labute approximate surface area is 131 Å². The zero-order valence-corrected chi connectivity index (χ0v) is 11.9. The molecule has 0 fully saturated rings. The number of H-pyrrole nitrogens is 1. The number of para-hydroxylation sites is 1. The van der Waals surface area contributed by atoms with Gasteiger partial charge in [-0.1, -0.05) is 12.1 Å². The second-order valence-electron chi connectivity index (χ2n) is 5.05. The summed E-state index contributed by atoms with van der Waals surface area (Å²) in [4.78, 5) is 22.1. The molecule has 3 aromatic heterocycles. The summed E-state index contributed by atoms with van der Waals surface area (Å²) >= 11 is 0. The van der Waals surface area contributed by atoms with Crippen LogP contribution in [0.5, 0.6) is 0 Å². The molecule has 0 saturated heterocycles. The summed E-state index contributed by atoms with van der Waals surface area (Å²) in [6.07, 6.45) is -0.714. The number of pyridine rings is 1. The molecule has 6 nitrogen and oxygen atoms in total. The van der Waals surface area contributed by atoms with Gasteiger partial charge in [0.2, 0.25) is 0 Å². The first-order valence-corrected chi connectivity index (χ1v) is 6.83. The van der Waals surface area contributed by atoms with Crippen molar-refractivity contribution in [1.82, 2.24) is 24.7 Å². The minimum absolute atomic E-state index is 0.184. The molecule has 0 aliphatic rings. The Morgan fingerprint density at radius 2 is 1.92 bits per heavy atom. The summed E-state index contributed by atoms with van der Waals surface area (Å²) in [7, 11) is 0. The van der Waals surface area contributed by atoms with E-state index in [1.54, 1.807) is 0 Å². The Kier molecular flexibility index (Phi) is 2.92. The minimum Gasteiger partial charge on any atom is -0.312 e. The van der Waals surface area contributed by atoms with Crippen LogP contribution >= 0.6 is 0 Å². The first-order chi connectivity index (χ1) is 11.5. The van der Waals surface area contributed by atoms with E-state index < -0.39 is 11.7 Å². The number of aromatic nitrogens is 5. The Morgan fingerprint density at radius 3 is 2.71 bits per heavy atom. The van der Waals surface area contributed by atoms with Gasteiger partial charge in [-0.3, -0.25) is 9.78 Å². The van der Waals surface area contributed by atoms with Crippen molar-refractivity contribution in [2.45, 2.75) is 6.18 Å². The second-order valence-corrected chi connectivity index (χ2v) is 5.05. The lowest BCUT2D eigenvalue weighted by Gasteiger charge is -2.12. The highest BCUT2D eigenvalue weighted by Gasteiger charge is 2.33. The highest BCUT2D eigenvalue weighted by molar-refractivity contribution is 5.91. The van der Waals surface area contributed by atoms with Gasteiger partial charge in [0.1, 0.15) is 5.39 Å². The van der Waals surface area contributed by atoms with Crippen LogP contribution < -0.4 is 5.56 Å². The predicted octanol–water partition coefficient (Wildman–Crippen LogP) is 2.68. The number of nitrogens with zero attached hydrogens (tertiary/aromatic N) is 4. The first kappa shape index (κ1) is 14.4. The molecule has 0 spiro atoms. The molecule has 0 aliphatic heterocycles. The van der Waals surface area contributed by atoms with E-state index in [1.165, 1.54) is 41.6 Å². The number of hydrogen-bond acceptors (Lipinski definition) is 4. The van der Waals surface area contributed by atoms with E-state index in [0.29, 0.717) is 5.69 Å². The number of halogens is 3. The summed E-state index contributed by atoms with van der Waals surface area (Å²) < 4.78 is 40.9. The molecule has 120 valence electrons. The fraction of sp³-hybridized carbons (Fsp3) is 0.0667. The zero-order valence-electron chi connectivity index (χ0n) is 11.9. The number of nitrogens with one attached hydrogen (secondary N) is 1. The average molecular weight is 331 g/mol. The molecule has 1 aromatic carbocycles. The smallest absolute Gasteiger partial charge is 0.312 e. The quantitative estimate of drug-likeness (QED) is 0.582. The Balaban J connectivity index is 2.08. The molecule has 0 amide bonds. The predicted molar refractivity (Wildman–Crippen MR) is 79.8 cm³/mol. The van der Waals surface area contributed by atoms with Gasteiger partial charge in [-0.05, 0) is 12.1 Å². The van der Waals surface area contributed by atoms with E-state index >= 15 is 0 Å². The monoisotopic (exact) mass is 331 g/mol. The average Bonchev–Trinajstić information content (AvgIpc) is 2.98. The standard InChI is InChI=1S/C15H8F3N5O/c16-15(17,18)10-3-1-2-8-11(4-5-19-12(8)10)23-13-9(6-22-23)14(24)21-7-20-13/h1-7H,(H,20,21,24). The third-order valence-electron chi connectivity index (χ3n) is 3.65. The molecule has 0 radical (unpaired) electrons. The van der Waals surface area contributed by atoms with Crippen molar-refractivity contribution < 1.29 is 13.2 Å². The maximum absolute atomic E-state index is 13.2. The first-order valence-electron chi connectivity index (χ1n) is 6.83. The summed E-state index contributed by atoms with van der Waals surface area (Å²) in [6.45, 7) is 0. The fourth-order valence-corrected chi connectivity index (χ4v) is 2.61. The number of fused-ring (bicyclic) bond motifs is 2. The van der Waals surface area contributed by atoms with Crippen LogP contribution in [0.1, 0.15) is 5.56 Å². The highest BCUT2D eigenvalue weighted by atomic mass is 19.4. The molecule has 9 heteroatoms. The van der Waals surface area contributed by atoms with Gasteiger partial charge in [-0.2, -0.15) is 18.3 Å². The molecular weight excluding hydrogens is 323 g/mol. The molecule has 1 N–H and O–H groups in total. The number of benzene rings is 1. The summed E-state index contributed by atoms with van der Waals surface area (Å²) in [5, 5.41) is 4.60. The van der Waals surface area contributed by atoms with E-state index in [-0.39, 0.29) is 27.5 Å². The Bertz CT molecular complexity index is 1130. The summed E-state index contributed by atoms with van der Waals surface area (Å²) in [5.74, 6) is 0. The van der Waals surface area contributed by atoms with Crippen molar-refractivity contribution >= 4 is 21.9 Å². The molecule has 0 bridgehead atoms. The van der Waals surface area contributed by atoms with Crippen LogP contribution in [0.25, 0.3) is 27.6 Å². The number of rotatable bonds is 1. The van der Waals surface area contributed by atoms with Gasteiger partial charge in [0.05, 0.1) is 29.3 Å². The maximum Gasteiger partial charge on any atom is 0.418 e. The molecular formula is C15H8F3N5O. The lowest BCUT2D eigenvalue weighted by Crippen LogP contribution is -2.09. The van der Waals surface area contributed by atoms with Crippen LogP contribution in [-0.4, -0.2) is 24.7 Å². The van der Waals surface area contributed by atoms with Crippen molar-refractivity contribution in [2.24, 2.45) is 0 Å².